The van der Waals surface area contributed by atoms with Gasteiger partial charge in [0.2, 0.25) is 0 Å². The van der Waals surface area contributed by atoms with E-state index in [0.717, 1.165) is 31.7 Å². The molecule has 1 N–H and O–H groups in total. The average Bonchev–Trinajstić information content (AvgIpc) is 2.29. The molecule has 1 aromatic heterocycles. The third-order valence-corrected chi connectivity index (χ3v) is 2.62. The Balaban J connectivity index is 2.57. The number of nitrogens with zero attached hydrogens (tertiary/aromatic N) is 1. The average molecular weight is 243 g/mol. The zero-order valence-corrected chi connectivity index (χ0v) is 10.6. The summed E-state index contributed by atoms with van der Waals surface area (Å²) in [6.45, 7) is 3.82. The summed E-state index contributed by atoms with van der Waals surface area (Å²) in [6.07, 6.45) is 3.74. The Hall–Kier alpha value is -0.640. The normalized spacial score (nSPS) is 12.7. The molecular weight excluding hydrogens is 224 g/mol. The molecule has 0 bridgehead atoms. The van der Waals surface area contributed by atoms with Gasteiger partial charge in [-0.2, -0.15) is 0 Å². The van der Waals surface area contributed by atoms with Crippen molar-refractivity contribution in [3.63, 3.8) is 0 Å². The zero-order valence-electron chi connectivity index (χ0n) is 9.87. The molecule has 0 aliphatic carbocycles. The maximum absolute atomic E-state index is 5.82. The molecule has 1 atom stereocenters. The second kappa shape index (κ2) is 7.60. The van der Waals surface area contributed by atoms with Gasteiger partial charge in [0.1, 0.15) is 0 Å². The Kier molecular flexibility index (Phi) is 6.38. The predicted molar refractivity (Wildman–Crippen MR) is 66.8 cm³/mol. The Morgan fingerprint density at radius 1 is 1.50 bits per heavy atom. The molecule has 0 saturated heterocycles. The summed E-state index contributed by atoms with van der Waals surface area (Å²) in [5.41, 5.74) is 1.04. The Morgan fingerprint density at radius 3 is 2.88 bits per heavy atom. The van der Waals surface area contributed by atoms with Crippen LogP contribution in [0.5, 0.6) is 0 Å². The molecule has 1 unspecified atom stereocenters. The lowest BCUT2D eigenvalue weighted by molar-refractivity contribution is 0.188. The molecule has 0 aliphatic rings. The van der Waals surface area contributed by atoms with Crippen molar-refractivity contribution in [2.75, 3.05) is 20.3 Å². The molecule has 0 radical (unpaired) electrons. The quantitative estimate of drug-likeness (QED) is 0.747. The van der Waals surface area contributed by atoms with Gasteiger partial charge in [-0.1, -0.05) is 18.5 Å². The molecule has 0 spiro atoms. The van der Waals surface area contributed by atoms with Crippen LogP contribution in [0.25, 0.3) is 0 Å². The summed E-state index contributed by atoms with van der Waals surface area (Å²) in [7, 11) is 1.72. The molecular formula is C12H19ClN2O. The highest BCUT2D eigenvalue weighted by atomic mass is 35.5. The Bertz CT molecular complexity index is 290. The lowest BCUT2D eigenvalue weighted by Gasteiger charge is -2.17. The number of halogens is 1. The van der Waals surface area contributed by atoms with E-state index in [-0.39, 0.29) is 6.04 Å². The minimum absolute atomic E-state index is 0.289. The van der Waals surface area contributed by atoms with Gasteiger partial charge in [-0.05, 0) is 31.5 Å². The van der Waals surface area contributed by atoms with Crippen LogP contribution in [0.15, 0.2) is 18.3 Å². The van der Waals surface area contributed by atoms with Gasteiger partial charge in [-0.15, -0.1) is 0 Å². The van der Waals surface area contributed by atoms with E-state index in [2.05, 4.69) is 17.2 Å². The minimum atomic E-state index is 0.289. The predicted octanol–water partition coefficient (Wildman–Crippen LogP) is 2.81. The molecule has 3 nitrogen and oxygen atoms in total. The monoisotopic (exact) mass is 242 g/mol. The van der Waals surface area contributed by atoms with E-state index in [1.165, 1.54) is 0 Å². The van der Waals surface area contributed by atoms with E-state index < -0.39 is 0 Å². The van der Waals surface area contributed by atoms with E-state index >= 15 is 0 Å². The number of nitrogens with one attached hydrogen (secondary N) is 1. The molecule has 1 aromatic rings. The van der Waals surface area contributed by atoms with Gasteiger partial charge in [0.05, 0.1) is 10.7 Å². The molecule has 16 heavy (non-hydrogen) atoms. The van der Waals surface area contributed by atoms with Crippen LogP contribution in [-0.4, -0.2) is 25.2 Å². The topological polar surface area (TPSA) is 34.1 Å². The highest BCUT2D eigenvalue weighted by molar-refractivity contribution is 6.30. The molecule has 1 heterocycles. The minimum Gasteiger partial charge on any atom is -0.385 e. The van der Waals surface area contributed by atoms with Gasteiger partial charge in [-0.3, -0.25) is 4.98 Å². The third kappa shape index (κ3) is 4.47. The highest BCUT2D eigenvalue weighted by Crippen LogP contribution is 2.17. The summed E-state index contributed by atoms with van der Waals surface area (Å²) in [5, 5.41) is 4.09. The van der Waals surface area contributed by atoms with Crippen LogP contribution in [0.4, 0.5) is 0 Å². The summed E-state index contributed by atoms with van der Waals surface area (Å²) in [5.74, 6) is 0. The van der Waals surface area contributed by atoms with E-state index in [4.69, 9.17) is 16.3 Å². The maximum Gasteiger partial charge on any atom is 0.0589 e. The van der Waals surface area contributed by atoms with Gasteiger partial charge in [0, 0.05) is 26.0 Å². The first-order valence-electron chi connectivity index (χ1n) is 5.61. The molecule has 0 aliphatic heterocycles. The smallest absolute Gasteiger partial charge is 0.0589 e. The first-order valence-corrected chi connectivity index (χ1v) is 5.99. The standard InChI is InChI=1S/C12H19ClN2O/c1-3-14-11(5-4-8-16-2)12-7-6-10(13)9-15-12/h6-7,9,11,14H,3-5,8H2,1-2H3. The van der Waals surface area contributed by atoms with Gasteiger partial charge in [0.25, 0.3) is 0 Å². The van der Waals surface area contributed by atoms with Crippen molar-refractivity contribution in [2.24, 2.45) is 0 Å². The van der Waals surface area contributed by atoms with Gasteiger partial charge >= 0.3 is 0 Å². The lowest BCUT2D eigenvalue weighted by Crippen LogP contribution is -2.22. The van der Waals surface area contributed by atoms with E-state index in [1.807, 2.05) is 12.1 Å². The van der Waals surface area contributed by atoms with E-state index in [9.17, 15) is 0 Å². The van der Waals surface area contributed by atoms with Gasteiger partial charge in [0.15, 0.2) is 0 Å². The molecule has 0 fully saturated rings. The fourth-order valence-corrected chi connectivity index (χ4v) is 1.74. The van der Waals surface area contributed by atoms with Crippen LogP contribution in [0.2, 0.25) is 5.02 Å². The number of rotatable bonds is 7. The Morgan fingerprint density at radius 2 is 2.31 bits per heavy atom. The highest BCUT2D eigenvalue weighted by Gasteiger charge is 2.10. The number of aromatic nitrogens is 1. The molecule has 1 rings (SSSR count). The van der Waals surface area contributed by atoms with E-state index in [0.29, 0.717) is 5.02 Å². The van der Waals surface area contributed by atoms with Crippen LogP contribution in [0, 0.1) is 0 Å². The van der Waals surface area contributed by atoms with Crippen molar-refractivity contribution in [2.45, 2.75) is 25.8 Å². The van der Waals surface area contributed by atoms with Crippen molar-refractivity contribution >= 4 is 11.6 Å². The molecule has 0 amide bonds. The van der Waals surface area contributed by atoms with Crippen molar-refractivity contribution < 1.29 is 4.74 Å². The van der Waals surface area contributed by atoms with Crippen molar-refractivity contribution in [1.29, 1.82) is 0 Å². The summed E-state index contributed by atoms with van der Waals surface area (Å²) < 4.78 is 5.06. The number of ether oxygens (including phenoxy) is 1. The largest absolute Gasteiger partial charge is 0.385 e. The summed E-state index contributed by atoms with van der Waals surface area (Å²) in [4.78, 5) is 4.34. The summed E-state index contributed by atoms with van der Waals surface area (Å²) in [6, 6.07) is 4.14. The SMILES string of the molecule is CCNC(CCCOC)c1ccc(Cl)cn1. The maximum atomic E-state index is 5.82. The Labute approximate surface area is 102 Å². The van der Waals surface area contributed by atoms with Crippen LogP contribution >= 0.6 is 11.6 Å². The van der Waals surface area contributed by atoms with Gasteiger partial charge in [-0.25, -0.2) is 0 Å². The van der Waals surface area contributed by atoms with Crippen molar-refractivity contribution in [1.82, 2.24) is 10.3 Å². The zero-order chi connectivity index (χ0) is 11.8. The molecule has 0 saturated carbocycles. The number of pyridine rings is 1. The van der Waals surface area contributed by atoms with Crippen LogP contribution in [-0.2, 0) is 4.74 Å². The lowest BCUT2D eigenvalue weighted by atomic mass is 10.1. The fourth-order valence-electron chi connectivity index (χ4n) is 1.63. The van der Waals surface area contributed by atoms with Gasteiger partial charge < -0.3 is 10.1 Å². The van der Waals surface area contributed by atoms with Crippen molar-refractivity contribution in [3.05, 3.63) is 29.0 Å². The number of methoxy groups -OCH3 is 1. The molecule has 4 heteroatoms. The first-order chi connectivity index (χ1) is 7.77. The second-order valence-electron chi connectivity index (χ2n) is 3.65. The van der Waals surface area contributed by atoms with Crippen LogP contribution in [0.3, 0.4) is 0 Å². The van der Waals surface area contributed by atoms with E-state index in [1.54, 1.807) is 13.3 Å². The number of hydrogen-bond donors (Lipinski definition) is 1. The van der Waals surface area contributed by atoms with Crippen LogP contribution in [0.1, 0.15) is 31.5 Å². The van der Waals surface area contributed by atoms with Crippen molar-refractivity contribution in [3.8, 4) is 0 Å². The van der Waals surface area contributed by atoms with Crippen LogP contribution < -0.4 is 5.32 Å². The molecule has 90 valence electrons. The second-order valence-corrected chi connectivity index (χ2v) is 4.08. The first kappa shape index (κ1) is 13.4. The molecule has 0 aromatic carbocycles. The summed E-state index contributed by atoms with van der Waals surface area (Å²) >= 11 is 5.82. The third-order valence-electron chi connectivity index (χ3n) is 2.40. The fraction of sp³-hybridized carbons (Fsp3) is 0.583. The number of hydrogen-bond acceptors (Lipinski definition) is 3.